The van der Waals surface area contributed by atoms with Crippen molar-refractivity contribution < 1.29 is 14.3 Å². The van der Waals surface area contributed by atoms with E-state index in [9.17, 15) is 9.59 Å². The zero-order valence-corrected chi connectivity index (χ0v) is 17.0. The highest BCUT2D eigenvalue weighted by atomic mass is 16.5. The molecule has 1 aliphatic rings. The van der Waals surface area contributed by atoms with E-state index in [1.54, 1.807) is 7.11 Å². The van der Waals surface area contributed by atoms with Gasteiger partial charge in [-0.3, -0.25) is 9.59 Å². The average Bonchev–Trinajstić information content (AvgIpc) is 3.18. The highest BCUT2D eigenvalue weighted by Crippen LogP contribution is 2.33. The molecule has 3 atom stereocenters. The van der Waals surface area contributed by atoms with Gasteiger partial charge in [0.2, 0.25) is 11.8 Å². The molecule has 1 saturated heterocycles. The van der Waals surface area contributed by atoms with Crippen LogP contribution in [-0.4, -0.2) is 43.5 Å². The SMILES string of the molecule is COc1ccc(C(CC(=O)N2C[C@@H](CN)[C@H](c3ccccc3)C2)NC(C)=O)cc1. The Hall–Kier alpha value is -2.86. The molecular weight excluding hydrogens is 366 g/mol. The van der Waals surface area contributed by atoms with Crippen molar-refractivity contribution in [1.82, 2.24) is 10.2 Å². The molecule has 2 aromatic rings. The lowest BCUT2D eigenvalue weighted by molar-refractivity contribution is -0.131. The van der Waals surface area contributed by atoms with Crippen molar-refractivity contribution in [2.45, 2.75) is 25.3 Å². The van der Waals surface area contributed by atoms with Crippen LogP contribution in [-0.2, 0) is 9.59 Å². The maximum Gasteiger partial charge on any atom is 0.225 e. The molecule has 0 radical (unpaired) electrons. The van der Waals surface area contributed by atoms with E-state index in [1.165, 1.54) is 12.5 Å². The smallest absolute Gasteiger partial charge is 0.225 e. The maximum absolute atomic E-state index is 13.1. The summed E-state index contributed by atoms with van der Waals surface area (Å²) in [5, 5.41) is 2.90. The van der Waals surface area contributed by atoms with Gasteiger partial charge < -0.3 is 20.7 Å². The van der Waals surface area contributed by atoms with Gasteiger partial charge in [0.05, 0.1) is 19.6 Å². The highest BCUT2D eigenvalue weighted by molar-refractivity contribution is 5.79. The van der Waals surface area contributed by atoms with E-state index in [2.05, 4.69) is 17.4 Å². The largest absolute Gasteiger partial charge is 0.497 e. The third-order valence-corrected chi connectivity index (χ3v) is 5.60. The van der Waals surface area contributed by atoms with Crippen LogP contribution >= 0.6 is 0 Å². The van der Waals surface area contributed by atoms with Gasteiger partial charge in [-0.25, -0.2) is 0 Å². The predicted molar refractivity (Wildman–Crippen MR) is 112 cm³/mol. The number of hydrogen-bond donors (Lipinski definition) is 2. The second-order valence-corrected chi connectivity index (χ2v) is 7.54. The van der Waals surface area contributed by atoms with Gasteiger partial charge in [-0.05, 0) is 35.7 Å². The fourth-order valence-corrected chi connectivity index (χ4v) is 4.03. The quantitative estimate of drug-likeness (QED) is 0.754. The van der Waals surface area contributed by atoms with Crippen LogP contribution in [0.5, 0.6) is 5.75 Å². The van der Waals surface area contributed by atoms with Crippen LogP contribution in [0.1, 0.15) is 36.4 Å². The molecule has 0 aliphatic carbocycles. The minimum Gasteiger partial charge on any atom is -0.497 e. The Morgan fingerprint density at radius 3 is 2.41 bits per heavy atom. The van der Waals surface area contributed by atoms with Crippen molar-refractivity contribution in [2.24, 2.45) is 11.7 Å². The Balaban J connectivity index is 1.72. The third-order valence-electron chi connectivity index (χ3n) is 5.60. The summed E-state index contributed by atoms with van der Waals surface area (Å²) in [6.07, 6.45) is 0.213. The molecule has 3 rings (SSSR count). The molecule has 0 spiro atoms. The summed E-state index contributed by atoms with van der Waals surface area (Å²) in [5.41, 5.74) is 8.10. The Morgan fingerprint density at radius 1 is 1.14 bits per heavy atom. The Morgan fingerprint density at radius 2 is 1.83 bits per heavy atom. The first kappa shape index (κ1) is 20.9. The molecule has 0 bridgehead atoms. The number of benzene rings is 2. The molecule has 2 amide bonds. The van der Waals surface area contributed by atoms with E-state index >= 15 is 0 Å². The fraction of sp³-hybridized carbons (Fsp3) is 0.391. The topological polar surface area (TPSA) is 84.7 Å². The first-order valence-electron chi connectivity index (χ1n) is 9.95. The maximum atomic E-state index is 13.1. The van der Waals surface area contributed by atoms with Gasteiger partial charge in [-0.2, -0.15) is 0 Å². The van der Waals surface area contributed by atoms with Crippen molar-refractivity contribution in [2.75, 3.05) is 26.7 Å². The molecule has 154 valence electrons. The predicted octanol–water partition coefficient (Wildman–Crippen LogP) is 2.46. The van der Waals surface area contributed by atoms with Gasteiger partial charge in [0.1, 0.15) is 5.75 Å². The molecule has 1 heterocycles. The van der Waals surface area contributed by atoms with E-state index < -0.39 is 0 Å². The lowest BCUT2D eigenvalue weighted by Gasteiger charge is -2.22. The van der Waals surface area contributed by atoms with Crippen molar-refractivity contribution in [3.8, 4) is 5.75 Å². The number of likely N-dealkylation sites (tertiary alicyclic amines) is 1. The van der Waals surface area contributed by atoms with Crippen molar-refractivity contribution in [3.63, 3.8) is 0 Å². The van der Waals surface area contributed by atoms with Crippen molar-refractivity contribution in [1.29, 1.82) is 0 Å². The summed E-state index contributed by atoms with van der Waals surface area (Å²) in [4.78, 5) is 26.7. The number of amides is 2. The van der Waals surface area contributed by atoms with E-state index in [-0.39, 0.29) is 36.1 Å². The Labute approximate surface area is 172 Å². The zero-order valence-electron chi connectivity index (χ0n) is 17.0. The molecule has 1 aliphatic heterocycles. The van der Waals surface area contributed by atoms with Gasteiger partial charge in [-0.1, -0.05) is 42.5 Å². The first-order chi connectivity index (χ1) is 14.0. The summed E-state index contributed by atoms with van der Waals surface area (Å²) in [6.45, 7) is 3.30. The number of nitrogens with one attached hydrogen (secondary N) is 1. The molecule has 6 heteroatoms. The van der Waals surface area contributed by atoms with Gasteiger partial charge in [0, 0.05) is 25.9 Å². The minimum atomic E-state index is -0.377. The van der Waals surface area contributed by atoms with Crippen LogP contribution in [0.25, 0.3) is 0 Å². The monoisotopic (exact) mass is 395 g/mol. The van der Waals surface area contributed by atoms with Gasteiger partial charge >= 0.3 is 0 Å². The van der Waals surface area contributed by atoms with Crippen LogP contribution in [0.3, 0.4) is 0 Å². The number of carbonyl (C=O) groups excluding carboxylic acids is 2. The van der Waals surface area contributed by atoms with E-state index in [4.69, 9.17) is 10.5 Å². The molecule has 1 fully saturated rings. The Bertz CT molecular complexity index is 823. The number of nitrogens with zero attached hydrogens (tertiary/aromatic N) is 1. The van der Waals surface area contributed by atoms with Gasteiger partial charge in [-0.15, -0.1) is 0 Å². The molecule has 3 N–H and O–H groups in total. The molecule has 0 saturated carbocycles. The van der Waals surface area contributed by atoms with E-state index in [0.717, 1.165) is 11.3 Å². The average molecular weight is 396 g/mol. The second-order valence-electron chi connectivity index (χ2n) is 7.54. The summed E-state index contributed by atoms with van der Waals surface area (Å²) in [6, 6.07) is 17.3. The molecular formula is C23H29N3O3. The summed E-state index contributed by atoms with van der Waals surface area (Å²) >= 11 is 0. The van der Waals surface area contributed by atoms with Gasteiger partial charge in [0.15, 0.2) is 0 Å². The van der Waals surface area contributed by atoms with Crippen molar-refractivity contribution >= 4 is 11.8 Å². The number of hydrogen-bond acceptors (Lipinski definition) is 4. The van der Waals surface area contributed by atoms with Crippen molar-refractivity contribution in [3.05, 3.63) is 65.7 Å². The molecule has 2 aromatic carbocycles. The number of rotatable bonds is 7. The van der Waals surface area contributed by atoms with E-state index in [0.29, 0.717) is 19.6 Å². The normalized spacial score (nSPS) is 19.6. The molecule has 6 nitrogen and oxygen atoms in total. The Kier molecular flexibility index (Phi) is 6.88. The summed E-state index contributed by atoms with van der Waals surface area (Å²) < 4.78 is 5.20. The third kappa shape index (κ3) is 5.15. The second kappa shape index (κ2) is 9.56. The van der Waals surface area contributed by atoms with Crippen LogP contribution in [0.15, 0.2) is 54.6 Å². The lowest BCUT2D eigenvalue weighted by atomic mass is 9.89. The standard InChI is InChI=1S/C23H29N3O3/c1-16(27)25-22(18-8-10-20(29-2)11-9-18)12-23(28)26-14-19(13-24)21(15-26)17-6-4-3-5-7-17/h3-11,19,21-22H,12-15,24H2,1-2H3,(H,25,27)/t19-,21+,22?/m1/s1. The summed E-state index contributed by atoms with van der Waals surface area (Å²) in [5.74, 6) is 1.07. The van der Waals surface area contributed by atoms with E-state index in [1.807, 2.05) is 47.4 Å². The number of carbonyl (C=O) groups is 2. The fourth-order valence-electron chi connectivity index (χ4n) is 4.03. The number of methoxy groups -OCH3 is 1. The van der Waals surface area contributed by atoms with Crippen LogP contribution < -0.4 is 15.8 Å². The number of nitrogens with two attached hydrogens (primary N) is 1. The molecule has 0 aromatic heterocycles. The highest BCUT2D eigenvalue weighted by Gasteiger charge is 2.35. The van der Waals surface area contributed by atoms with Crippen LogP contribution in [0, 0.1) is 5.92 Å². The van der Waals surface area contributed by atoms with Crippen LogP contribution in [0.4, 0.5) is 0 Å². The van der Waals surface area contributed by atoms with Gasteiger partial charge in [0.25, 0.3) is 0 Å². The zero-order chi connectivity index (χ0) is 20.8. The first-order valence-corrected chi connectivity index (χ1v) is 9.95. The minimum absolute atomic E-state index is 0.0245. The lowest BCUT2D eigenvalue weighted by Crippen LogP contribution is -2.35. The summed E-state index contributed by atoms with van der Waals surface area (Å²) in [7, 11) is 1.61. The number of ether oxygens (including phenoxy) is 1. The van der Waals surface area contributed by atoms with Crippen LogP contribution in [0.2, 0.25) is 0 Å². The molecule has 1 unspecified atom stereocenters. The molecule has 29 heavy (non-hydrogen) atoms.